The van der Waals surface area contributed by atoms with Crippen LogP contribution in [0.2, 0.25) is 0 Å². The van der Waals surface area contributed by atoms with Gasteiger partial charge >= 0.3 is 0 Å². The normalized spacial score (nSPS) is 21.6. The number of aryl methyl sites for hydroxylation is 1. The Morgan fingerprint density at radius 3 is 2.86 bits per heavy atom. The Kier molecular flexibility index (Phi) is 2.40. The van der Waals surface area contributed by atoms with Crippen molar-refractivity contribution < 1.29 is 4.79 Å². The van der Waals surface area contributed by atoms with Crippen LogP contribution in [0.4, 0.5) is 0 Å². The first-order valence-electron chi connectivity index (χ1n) is 5.26. The lowest BCUT2D eigenvalue weighted by Gasteiger charge is -2.10. The van der Waals surface area contributed by atoms with E-state index >= 15 is 0 Å². The summed E-state index contributed by atoms with van der Waals surface area (Å²) in [5, 5.41) is 0. The van der Waals surface area contributed by atoms with Crippen LogP contribution in [0.5, 0.6) is 0 Å². The van der Waals surface area contributed by atoms with E-state index in [1.165, 1.54) is 16.7 Å². The molecule has 0 aliphatic heterocycles. The van der Waals surface area contributed by atoms with Crippen LogP contribution in [0.25, 0.3) is 0 Å². The van der Waals surface area contributed by atoms with Gasteiger partial charge in [0, 0.05) is 12.8 Å². The summed E-state index contributed by atoms with van der Waals surface area (Å²) in [7, 11) is 0. The van der Waals surface area contributed by atoms with E-state index in [2.05, 4.69) is 32.0 Å². The second-order valence-corrected chi connectivity index (χ2v) is 4.44. The first kappa shape index (κ1) is 9.45. The zero-order valence-corrected chi connectivity index (χ0v) is 8.84. The summed E-state index contributed by atoms with van der Waals surface area (Å²) in [6, 6.07) is 6.29. The molecule has 74 valence electrons. The molecule has 1 aromatic rings. The van der Waals surface area contributed by atoms with Crippen molar-refractivity contribution >= 4 is 5.78 Å². The first-order valence-corrected chi connectivity index (χ1v) is 5.26. The van der Waals surface area contributed by atoms with Crippen LogP contribution in [0.15, 0.2) is 18.2 Å². The van der Waals surface area contributed by atoms with E-state index in [1.54, 1.807) is 0 Å². The minimum Gasteiger partial charge on any atom is -0.299 e. The quantitative estimate of drug-likeness (QED) is 0.572. The molecule has 2 rings (SSSR count). The third-order valence-electron chi connectivity index (χ3n) is 3.02. The highest BCUT2D eigenvalue weighted by Gasteiger charge is 2.19. The Balaban J connectivity index is 2.46. The summed E-state index contributed by atoms with van der Waals surface area (Å²) in [6.07, 6.45) is 2.45. The van der Waals surface area contributed by atoms with Crippen molar-refractivity contribution in [2.45, 2.75) is 33.1 Å². The third kappa shape index (κ3) is 1.72. The predicted octanol–water partition coefficient (Wildman–Crippen LogP) is 2.69. The molecule has 1 aliphatic rings. The van der Waals surface area contributed by atoms with Crippen LogP contribution in [-0.4, -0.2) is 5.78 Å². The Hall–Kier alpha value is -1.11. The number of hydrogen-bond acceptors (Lipinski definition) is 1. The fraction of sp³-hybridized carbons (Fsp3) is 0.462. The molecular weight excluding hydrogens is 172 g/mol. The van der Waals surface area contributed by atoms with Gasteiger partial charge in [0.2, 0.25) is 0 Å². The molecule has 1 aromatic carbocycles. The molecule has 0 bridgehead atoms. The van der Waals surface area contributed by atoms with Crippen LogP contribution >= 0.6 is 0 Å². The zero-order valence-electron chi connectivity index (χ0n) is 8.84. The summed E-state index contributed by atoms with van der Waals surface area (Å²) in [6.45, 7) is 4.31. The van der Waals surface area contributed by atoms with E-state index < -0.39 is 0 Å². The standard InChI is InChI=1S/C13H16O/c1-9-6-12(14)8-11-5-3-4-10(2)13(11)7-9/h3-5,9H,6-8H2,1-2H3/t9-/m1/s1. The molecule has 0 fully saturated rings. The smallest absolute Gasteiger partial charge is 0.137 e. The Labute approximate surface area is 85.1 Å². The summed E-state index contributed by atoms with van der Waals surface area (Å²) in [5.74, 6) is 0.895. The Morgan fingerprint density at radius 2 is 2.07 bits per heavy atom. The number of ketones is 1. The molecule has 1 heteroatoms. The van der Waals surface area contributed by atoms with E-state index in [9.17, 15) is 4.79 Å². The molecule has 0 spiro atoms. The SMILES string of the molecule is Cc1cccc2c1C[C@H](C)CC(=O)C2. The van der Waals surface area contributed by atoms with Gasteiger partial charge < -0.3 is 0 Å². The van der Waals surface area contributed by atoms with Crippen molar-refractivity contribution in [3.05, 3.63) is 34.9 Å². The number of rotatable bonds is 0. The van der Waals surface area contributed by atoms with Crippen molar-refractivity contribution in [1.29, 1.82) is 0 Å². The van der Waals surface area contributed by atoms with E-state index in [0.29, 0.717) is 18.1 Å². The van der Waals surface area contributed by atoms with Gasteiger partial charge in [-0.05, 0) is 36.0 Å². The summed E-state index contributed by atoms with van der Waals surface area (Å²) >= 11 is 0. The molecule has 14 heavy (non-hydrogen) atoms. The number of hydrogen-bond donors (Lipinski definition) is 0. The molecule has 0 saturated carbocycles. The molecule has 1 nitrogen and oxygen atoms in total. The van der Waals surface area contributed by atoms with Crippen LogP contribution in [0, 0.1) is 12.8 Å². The van der Waals surface area contributed by atoms with Crippen molar-refractivity contribution in [2.24, 2.45) is 5.92 Å². The predicted molar refractivity (Wildman–Crippen MR) is 57.4 cm³/mol. The second-order valence-electron chi connectivity index (χ2n) is 4.44. The molecule has 1 atom stereocenters. The number of fused-ring (bicyclic) bond motifs is 1. The maximum absolute atomic E-state index is 11.6. The molecule has 0 saturated heterocycles. The highest BCUT2D eigenvalue weighted by Crippen LogP contribution is 2.24. The lowest BCUT2D eigenvalue weighted by molar-refractivity contribution is -0.119. The van der Waals surface area contributed by atoms with Gasteiger partial charge in [0.25, 0.3) is 0 Å². The lowest BCUT2D eigenvalue weighted by Crippen LogP contribution is -2.04. The van der Waals surface area contributed by atoms with Crippen LogP contribution < -0.4 is 0 Å². The largest absolute Gasteiger partial charge is 0.299 e. The Bertz CT molecular complexity index is 365. The summed E-state index contributed by atoms with van der Waals surface area (Å²) < 4.78 is 0. The van der Waals surface area contributed by atoms with Crippen molar-refractivity contribution in [2.75, 3.05) is 0 Å². The van der Waals surface area contributed by atoms with Crippen LogP contribution in [0.1, 0.15) is 30.0 Å². The van der Waals surface area contributed by atoms with Crippen molar-refractivity contribution in [1.82, 2.24) is 0 Å². The third-order valence-corrected chi connectivity index (χ3v) is 3.02. The van der Waals surface area contributed by atoms with Crippen LogP contribution in [-0.2, 0) is 17.6 Å². The van der Waals surface area contributed by atoms with Crippen molar-refractivity contribution in [3.63, 3.8) is 0 Å². The zero-order chi connectivity index (χ0) is 10.1. The second kappa shape index (κ2) is 3.56. The average molecular weight is 188 g/mol. The van der Waals surface area contributed by atoms with Crippen LogP contribution in [0.3, 0.4) is 0 Å². The average Bonchev–Trinajstić information content (AvgIpc) is 2.23. The molecule has 0 N–H and O–H groups in total. The highest BCUT2D eigenvalue weighted by molar-refractivity contribution is 5.82. The Morgan fingerprint density at radius 1 is 1.29 bits per heavy atom. The fourth-order valence-electron chi connectivity index (χ4n) is 2.31. The minimum absolute atomic E-state index is 0.391. The van der Waals surface area contributed by atoms with Gasteiger partial charge in [-0.3, -0.25) is 4.79 Å². The molecule has 1 aliphatic carbocycles. The first-order chi connectivity index (χ1) is 6.66. The maximum Gasteiger partial charge on any atom is 0.137 e. The van der Waals surface area contributed by atoms with Gasteiger partial charge in [0.1, 0.15) is 5.78 Å². The van der Waals surface area contributed by atoms with Gasteiger partial charge in [-0.1, -0.05) is 25.1 Å². The minimum atomic E-state index is 0.391. The number of carbonyl (C=O) groups excluding carboxylic acids is 1. The monoisotopic (exact) mass is 188 g/mol. The highest BCUT2D eigenvalue weighted by atomic mass is 16.1. The van der Waals surface area contributed by atoms with Gasteiger partial charge in [0.15, 0.2) is 0 Å². The van der Waals surface area contributed by atoms with E-state index in [0.717, 1.165) is 12.8 Å². The number of carbonyl (C=O) groups is 1. The van der Waals surface area contributed by atoms with E-state index in [-0.39, 0.29) is 0 Å². The maximum atomic E-state index is 11.6. The summed E-state index contributed by atoms with van der Waals surface area (Å²) in [4.78, 5) is 11.6. The van der Waals surface area contributed by atoms with Gasteiger partial charge in [-0.25, -0.2) is 0 Å². The summed E-state index contributed by atoms with van der Waals surface area (Å²) in [5.41, 5.74) is 3.99. The number of Topliss-reactive ketones (excluding diaryl/α,β-unsaturated/α-hetero) is 1. The molecule has 0 amide bonds. The van der Waals surface area contributed by atoms with E-state index in [1.807, 2.05) is 0 Å². The van der Waals surface area contributed by atoms with Gasteiger partial charge in [-0.2, -0.15) is 0 Å². The van der Waals surface area contributed by atoms with Gasteiger partial charge in [-0.15, -0.1) is 0 Å². The molecule has 0 aromatic heterocycles. The molecule has 0 unspecified atom stereocenters. The molecule has 0 heterocycles. The van der Waals surface area contributed by atoms with E-state index in [4.69, 9.17) is 0 Å². The molecular formula is C13H16O. The number of benzene rings is 1. The van der Waals surface area contributed by atoms with Crippen molar-refractivity contribution in [3.8, 4) is 0 Å². The lowest BCUT2D eigenvalue weighted by atomic mass is 9.95. The van der Waals surface area contributed by atoms with Gasteiger partial charge in [0.05, 0.1) is 0 Å². The topological polar surface area (TPSA) is 17.1 Å². The fourth-order valence-corrected chi connectivity index (χ4v) is 2.31. The molecule has 0 radical (unpaired) electrons.